The highest BCUT2D eigenvalue weighted by atomic mass is 79.9. The molecule has 0 aliphatic carbocycles. The summed E-state index contributed by atoms with van der Waals surface area (Å²) < 4.78 is 0.850. The molecule has 0 spiro atoms. The quantitative estimate of drug-likeness (QED) is 0.844. The van der Waals surface area contributed by atoms with Gasteiger partial charge in [-0.05, 0) is 41.3 Å². The number of halogens is 1. The van der Waals surface area contributed by atoms with Gasteiger partial charge in [0.05, 0.1) is 17.5 Å². The molecule has 1 aromatic heterocycles. The fourth-order valence-corrected chi connectivity index (χ4v) is 2.85. The van der Waals surface area contributed by atoms with Crippen molar-refractivity contribution in [3.05, 3.63) is 20.8 Å². The van der Waals surface area contributed by atoms with Crippen molar-refractivity contribution < 1.29 is 9.90 Å². The number of carbonyl (C=O) groups excluding carboxylic acids is 1. The number of ketones is 1. The first kappa shape index (κ1) is 12.8. The number of aliphatic hydroxyl groups is 1. The van der Waals surface area contributed by atoms with Gasteiger partial charge < -0.3 is 5.11 Å². The number of hydrogen-bond acceptors (Lipinski definition) is 4. The van der Waals surface area contributed by atoms with Crippen molar-refractivity contribution >= 4 is 33.0 Å². The molecule has 1 unspecified atom stereocenters. The van der Waals surface area contributed by atoms with Crippen LogP contribution in [0.1, 0.15) is 16.6 Å². The molecule has 0 saturated heterocycles. The molecule has 0 fully saturated rings. The predicted octanol–water partition coefficient (Wildman–Crippen LogP) is 2.01. The van der Waals surface area contributed by atoms with E-state index >= 15 is 0 Å². The fraction of sp³-hybridized carbons (Fsp3) is 0.500. The van der Waals surface area contributed by atoms with Crippen LogP contribution in [0.2, 0.25) is 0 Å². The minimum atomic E-state index is -0.408. The van der Waals surface area contributed by atoms with E-state index in [2.05, 4.69) is 15.9 Å². The maximum atomic E-state index is 11.8. The van der Waals surface area contributed by atoms with Gasteiger partial charge in [-0.15, -0.1) is 11.3 Å². The summed E-state index contributed by atoms with van der Waals surface area (Å²) in [5.41, 5.74) is 0. The van der Waals surface area contributed by atoms with Gasteiger partial charge in [0, 0.05) is 11.0 Å². The molecule has 1 heterocycles. The van der Waals surface area contributed by atoms with Gasteiger partial charge in [-0.1, -0.05) is 0 Å². The summed E-state index contributed by atoms with van der Waals surface area (Å²) >= 11 is 4.76. The summed E-state index contributed by atoms with van der Waals surface area (Å²) in [6.45, 7) is 2.56. The van der Waals surface area contributed by atoms with E-state index in [0.29, 0.717) is 13.1 Å². The number of likely N-dealkylation sites (N-methyl/N-ethyl adjacent to an activating group) is 1. The second kappa shape index (κ2) is 5.75. The normalized spacial score (nSPS) is 13.1. The zero-order valence-electron chi connectivity index (χ0n) is 8.74. The van der Waals surface area contributed by atoms with Crippen molar-refractivity contribution in [3.63, 3.8) is 0 Å². The minimum absolute atomic E-state index is 0.0834. The third-order valence-electron chi connectivity index (χ3n) is 1.86. The van der Waals surface area contributed by atoms with Gasteiger partial charge in [0.15, 0.2) is 5.78 Å². The number of thiophene rings is 1. The lowest BCUT2D eigenvalue weighted by Crippen LogP contribution is -2.31. The minimum Gasteiger partial charge on any atom is -0.392 e. The Morgan fingerprint density at radius 3 is 2.87 bits per heavy atom. The molecule has 1 N–H and O–H groups in total. The van der Waals surface area contributed by atoms with Crippen LogP contribution in [-0.4, -0.2) is 42.0 Å². The topological polar surface area (TPSA) is 40.5 Å². The van der Waals surface area contributed by atoms with E-state index < -0.39 is 6.10 Å². The summed E-state index contributed by atoms with van der Waals surface area (Å²) in [5.74, 6) is 0.0834. The Balaban J connectivity index is 2.53. The lowest BCUT2D eigenvalue weighted by atomic mass is 10.3. The number of carbonyl (C=O) groups is 1. The van der Waals surface area contributed by atoms with Gasteiger partial charge in [0.1, 0.15) is 0 Å². The second-order valence-electron chi connectivity index (χ2n) is 3.57. The Bertz CT molecular complexity index is 338. The number of hydrogen-bond donors (Lipinski definition) is 1. The smallest absolute Gasteiger partial charge is 0.187 e. The highest BCUT2D eigenvalue weighted by molar-refractivity contribution is 9.10. The lowest BCUT2D eigenvalue weighted by Gasteiger charge is -2.16. The average Bonchev–Trinajstić information content (AvgIpc) is 2.49. The molecule has 1 aromatic rings. The molecule has 1 atom stereocenters. The highest BCUT2D eigenvalue weighted by Crippen LogP contribution is 2.23. The van der Waals surface area contributed by atoms with Crippen LogP contribution in [0.4, 0.5) is 0 Å². The number of rotatable bonds is 5. The number of Topliss-reactive ketones (excluding diaryl/α,β-unsaturated/α-hetero) is 1. The molecule has 1 rings (SSSR count). The summed E-state index contributed by atoms with van der Waals surface area (Å²) in [4.78, 5) is 14.3. The summed E-state index contributed by atoms with van der Waals surface area (Å²) in [6.07, 6.45) is -0.408. The molecule has 0 aliphatic heterocycles. The standard InChI is InChI=1S/C10H14BrNO2S/c1-7(13)5-12(2)6-9(14)10-8(11)3-4-15-10/h3-4,7,13H,5-6H2,1-2H3. The third kappa shape index (κ3) is 4.03. The van der Waals surface area contributed by atoms with Crippen LogP contribution in [0.5, 0.6) is 0 Å². The monoisotopic (exact) mass is 291 g/mol. The van der Waals surface area contributed by atoms with Crippen LogP contribution in [0, 0.1) is 0 Å². The number of nitrogens with zero attached hydrogens (tertiary/aromatic N) is 1. The predicted molar refractivity (Wildman–Crippen MR) is 65.5 cm³/mol. The molecule has 5 heteroatoms. The average molecular weight is 292 g/mol. The molecule has 84 valence electrons. The maximum Gasteiger partial charge on any atom is 0.187 e. The number of aliphatic hydroxyl groups excluding tert-OH is 1. The first-order valence-electron chi connectivity index (χ1n) is 4.63. The van der Waals surface area contributed by atoms with E-state index in [1.165, 1.54) is 11.3 Å². The van der Waals surface area contributed by atoms with E-state index in [-0.39, 0.29) is 5.78 Å². The van der Waals surface area contributed by atoms with E-state index in [4.69, 9.17) is 5.11 Å². The first-order valence-corrected chi connectivity index (χ1v) is 6.30. The van der Waals surface area contributed by atoms with Crippen LogP contribution in [0.15, 0.2) is 15.9 Å². The Morgan fingerprint density at radius 2 is 2.40 bits per heavy atom. The molecule has 0 saturated carbocycles. The van der Waals surface area contributed by atoms with E-state index in [9.17, 15) is 4.79 Å². The Kier molecular flexibility index (Phi) is 4.92. The van der Waals surface area contributed by atoms with Gasteiger partial charge in [0.25, 0.3) is 0 Å². The zero-order chi connectivity index (χ0) is 11.4. The Morgan fingerprint density at radius 1 is 1.73 bits per heavy atom. The van der Waals surface area contributed by atoms with Crippen molar-refractivity contribution in [1.82, 2.24) is 4.90 Å². The zero-order valence-corrected chi connectivity index (χ0v) is 11.1. The van der Waals surface area contributed by atoms with Gasteiger partial charge >= 0.3 is 0 Å². The van der Waals surface area contributed by atoms with Crippen molar-refractivity contribution in [3.8, 4) is 0 Å². The Hall–Kier alpha value is -0.230. The second-order valence-corrected chi connectivity index (χ2v) is 5.34. The highest BCUT2D eigenvalue weighted by Gasteiger charge is 2.14. The molecule has 3 nitrogen and oxygen atoms in total. The molecule has 0 aliphatic rings. The van der Waals surface area contributed by atoms with E-state index in [0.717, 1.165) is 9.35 Å². The van der Waals surface area contributed by atoms with Crippen molar-refractivity contribution in [2.45, 2.75) is 13.0 Å². The van der Waals surface area contributed by atoms with Crippen molar-refractivity contribution in [1.29, 1.82) is 0 Å². The van der Waals surface area contributed by atoms with Gasteiger partial charge in [0.2, 0.25) is 0 Å². The first-order chi connectivity index (χ1) is 7.00. The molecule has 0 bridgehead atoms. The van der Waals surface area contributed by atoms with Crippen LogP contribution in [-0.2, 0) is 0 Å². The van der Waals surface area contributed by atoms with E-state index in [1.807, 2.05) is 23.4 Å². The maximum absolute atomic E-state index is 11.8. The van der Waals surface area contributed by atoms with E-state index in [1.54, 1.807) is 6.92 Å². The molecule has 15 heavy (non-hydrogen) atoms. The van der Waals surface area contributed by atoms with Crippen LogP contribution >= 0.6 is 27.3 Å². The summed E-state index contributed by atoms with van der Waals surface area (Å²) in [6, 6.07) is 1.87. The van der Waals surface area contributed by atoms with Crippen molar-refractivity contribution in [2.75, 3.05) is 20.1 Å². The van der Waals surface area contributed by atoms with Gasteiger partial charge in [-0.2, -0.15) is 0 Å². The molecular formula is C10H14BrNO2S. The van der Waals surface area contributed by atoms with Crippen LogP contribution in [0.25, 0.3) is 0 Å². The van der Waals surface area contributed by atoms with Crippen molar-refractivity contribution in [2.24, 2.45) is 0 Å². The summed E-state index contributed by atoms with van der Waals surface area (Å²) in [5, 5.41) is 11.0. The third-order valence-corrected chi connectivity index (χ3v) is 3.74. The summed E-state index contributed by atoms with van der Waals surface area (Å²) in [7, 11) is 1.83. The molecular weight excluding hydrogens is 278 g/mol. The molecule has 0 aromatic carbocycles. The SMILES string of the molecule is CC(O)CN(C)CC(=O)c1sccc1Br. The van der Waals surface area contributed by atoms with Gasteiger partial charge in [-0.25, -0.2) is 0 Å². The van der Waals surface area contributed by atoms with Crippen LogP contribution in [0.3, 0.4) is 0 Å². The Labute approximate surface area is 102 Å². The fourth-order valence-electron chi connectivity index (χ4n) is 1.33. The lowest BCUT2D eigenvalue weighted by molar-refractivity contribution is 0.0904. The largest absolute Gasteiger partial charge is 0.392 e. The molecule has 0 radical (unpaired) electrons. The van der Waals surface area contributed by atoms with Crippen LogP contribution < -0.4 is 0 Å². The van der Waals surface area contributed by atoms with Gasteiger partial charge in [-0.3, -0.25) is 9.69 Å². The molecule has 0 amide bonds.